The Kier molecular flexibility index (Phi) is 5.70. The molecule has 7 aromatic carbocycles. The van der Waals surface area contributed by atoms with Gasteiger partial charge in [-0.25, -0.2) is 0 Å². The van der Waals surface area contributed by atoms with Crippen LogP contribution in [0.2, 0.25) is 0 Å². The van der Waals surface area contributed by atoms with Crippen molar-refractivity contribution in [1.82, 2.24) is 4.57 Å². The molecule has 1 nitrogen and oxygen atoms in total. The molecule has 8 aromatic rings. The van der Waals surface area contributed by atoms with E-state index in [4.69, 9.17) is 0 Å². The van der Waals surface area contributed by atoms with Gasteiger partial charge in [-0.1, -0.05) is 139 Å². The Morgan fingerprint density at radius 1 is 0.565 bits per heavy atom. The quantitative estimate of drug-likeness (QED) is 0.194. The summed E-state index contributed by atoms with van der Waals surface area (Å²) in [6.07, 6.45) is 3.49. The molecule has 2 aliphatic rings. The zero-order valence-electron chi connectivity index (χ0n) is 25.2. The molecule has 0 fully saturated rings. The van der Waals surface area contributed by atoms with Crippen molar-refractivity contribution in [2.24, 2.45) is 0 Å². The summed E-state index contributed by atoms with van der Waals surface area (Å²) in [6.45, 7) is 0. The normalized spacial score (nSPS) is 15.1. The van der Waals surface area contributed by atoms with Gasteiger partial charge in [0.1, 0.15) is 0 Å². The minimum absolute atomic E-state index is 0.339. The largest absolute Gasteiger partial charge is 0.309 e. The molecule has 0 radical (unpaired) electrons. The molecule has 1 atom stereocenters. The molecule has 2 heterocycles. The third kappa shape index (κ3) is 3.84. The zero-order valence-corrected chi connectivity index (χ0v) is 26.0. The van der Waals surface area contributed by atoms with Gasteiger partial charge in [-0.15, -0.1) is 0 Å². The number of fused-ring (bicyclic) bond motifs is 7. The molecular weight excluding hydrogens is 575 g/mol. The Hall–Kier alpha value is -5.31. The Morgan fingerprint density at radius 3 is 2.30 bits per heavy atom. The van der Waals surface area contributed by atoms with Crippen LogP contribution in [0.4, 0.5) is 0 Å². The number of thioether (sulfide) groups is 1. The molecule has 0 spiro atoms. The van der Waals surface area contributed by atoms with E-state index in [0.29, 0.717) is 5.92 Å². The van der Waals surface area contributed by atoms with Crippen LogP contribution < -0.4 is 0 Å². The summed E-state index contributed by atoms with van der Waals surface area (Å²) in [5.41, 5.74) is 13.2. The molecule has 0 saturated heterocycles. The van der Waals surface area contributed by atoms with Gasteiger partial charge in [0.15, 0.2) is 0 Å². The van der Waals surface area contributed by atoms with E-state index in [1.807, 2.05) is 11.8 Å². The van der Waals surface area contributed by atoms with E-state index in [1.54, 1.807) is 0 Å². The van der Waals surface area contributed by atoms with Gasteiger partial charge < -0.3 is 4.57 Å². The Bertz CT molecular complexity index is 2530. The predicted molar refractivity (Wildman–Crippen MR) is 196 cm³/mol. The van der Waals surface area contributed by atoms with Gasteiger partial charge in [0, 0.05) is 37.6 Å². The minimum Gasteiger partial charge on any atom is -0.309 e. The first kappa shape index (κ1) is 26.0. The van der Waals surface area contributed by atoms with Gasteiger partial charge in [-0.2, -0.15) is 0 Å². The van der Waals surface area contributed by atoms with E-state index in [-0.39, 0.29) is 0 Å². The highest BCUT2D eigenvalue weighted by atomic mass is 32.2. The number of benzene rings is 7. The van der Waals surface area contributed by atoms with E-state index in [9.17, 15) is 0 Å². The third-order valence-electron chi connectivity index (χ3n) is 9.94. The van der Waals surface area contributed by atoms with Crippen molar-refractivity contribution in [1.29, 1.82) is 0 Å². The van der Waals surface area contributed by atoms with E-state index >= 15 is 0 Å². The average Bonchev–Trinajstić information content (AvgIpc) is 3.47. The molecule has 216 valence electrons. The van der Waals surface area contributed by atoms with Crippen LogP contribution in [0, 0.1) is 0 Å². The summed E-state index contributed by atoms with van der Waals surface area (Å²) in [6, 6.07) is 56.1. The summed E-state index contributed by atoms with van der Waals surface area (Å²) in [7, 11) is 0. The van der Waals surface area contributed by atoms with Crippen molar-refractivity contribution in [3.8, 4) is 27.9 Å². The molecule has 0 N–H and O–H groups in total. The highest BCUT2D eigenvalue weighted by Gasteiger charge is 2.30. The van der Waals surface area contributed by atoms with Crippen molar-refractivity contribution in [3.05, 3.63) is 174 Å². The highest BCUT2D eigenvalue weighted by Crippen LogP contribution is 2.54. The first-order valence-corrected chi connectivity index (χ1v) is 16.9. The van der Waals surface area contributed by atoms with E-state index in [1.165, 1.54) is 87.0 Å². The van der Waals surface area contributed by atoms with Crippen LogP contribution >= 0.6 is 11.8 Å². The highest BCUT2D eigenvalue weighted by molar-refractivity contribution is 8.08. The fourth-order valence-electron chi connectivity index (χ4n) is 7.87. The molecule has 1 aromatic heterocycles. The standard InChI is InChI=1S/C44H29NS/c1-2-12-32(13-3-1)45-40-18-6-4-14-35(40)39-23-21-31-27-29(20-22-34(31)44(39)45)28-10-8-11-30(26-28)33-24-25-42-43-37(33)16-9-17-38(43)36-15-5-7-19-41(36)46-42/h1-23,25-27,33H,24H2. The second-order valence-corrected chi connectivity index (χ2v) is 13.5. The number of hydrogen-bond acceptors (Lipinski definition) is 1. The van der Waals surface area contributed by atoms with Crippen LogP contribution in [0.1, 0.15) is 29.0 Å². The van der Waals surface area contributed by atoms with Crippen molar-refractivity contribution in [3.63, 3.8) is 0 Å². The Labute approximate surface area is 272 Å². The Balaban J connectivity index is 1.09. The number of allylic oxidation sites excluding steroid dienone is 1. The summed E-state index contributed by atoms with van der Waals surface area (Å²) < 4.78 is 2.43. The average molecular weight is 604 g/mol. The molecule has 2 heteroatoms. The SMILES string of the molecule is C1=C2Sc3ccccc3-c3cccc(c32)C(c2cccc(-c3ccc4c(ccc5c6ccccc6n(-c6ccccc6)c45)c3)c2)C1. The lowest BCUT2D eigenvalue weighted by atomic mass is 9.79. The van der Waals surface area contributed by atoms with Crippen LogP contribution in [-0.2, 0) is 0 Å². The fourth-order valence-corrected chi connectivity index (χ4v) is 9.05. The maximum absolute atomic E-state index is 2.47. The number of aromatic nitrogens is 1. The zero-order chi connectivity index (χ0) is 30.2. The van der Waals surface area contributed by atoms with E-state index in [2.05, 4.69) is 162 Å². The maximum atomic E-state index is 2.47. The van der Waals surface area contributed by atoms with Crippen LogP contribution in [0.25, 0.3) is 65.4 Å². The molecule has 1 unspecified atom stereocenters. The first-order chi connectivity index (χ1) is 22.8. The molecular formula is C44H29NS. The molecule has 0 amide bonds. The lowest BCUT2D eigenvalue weighted by Gasteiger charge is -2.31. The maximum Gasteiger partial charge on any atom is 0.0619 e. The smallest absolute Gasteiger partial charge is 0.0619 e. The van der Waals surface area contributed by atoms with Crippen molar-refractivity contribution in [2.45, 2.75) is 17.2 Å². The molecule has 10 rings (SSSR count). The monoisotopic (exact) mass is 603 g/mol. The van der Waals surface area contributed by atoms with Gasteiger partial charge in [-0.05, 0) is 81.1 Å². The summed E-state index contributed by atoms with van der Waals surface area (Å²) in [4.78, 5) is 2.77. The van der Waals surface area contributed by atoms with Crippen LogP contribution in [0.3, 0.4) is 0 Å². The molecule has 1 aliphatic carbocycles. The second kappa shape index (κ2) is 10.1. The first-order valence-electron chi connectivity index (χ1n) is 16.0. The van der Waals surface area contributed by atoms with E-state index < -0.39 is 0 Å². The van der Waals surface area contributed by atoms with Gasteiger partial charge >= 0.3 is 0 Å². The van der Waals surface area contributed by atoms with Crippen molar-refractivity contribution < 1.29 is 0 Å². The van der Waals surface area contributed by atoms with Gasteiger partial charge in [0.25, 0.3) is 0 Å². The van der Waals surface area contributed by atoms with Crippen molar-refractivity contribution in [2.75, 3.05) is 0 Å². The number of rotatable bonds is 3. The number of nitrogens with zero attached hydrogens (tertiary/aromatic N) is 1. The van der Waals surface area contributed by atoms with Gasteiger partial charge in [-0.3, -0.25) is 0 Å². The number of hydrogen-bond donors (Lipinski definition) is 0. The topological polar surface area (TPSA) is 4.93 Å². The van der Waals surface area contributed by atoms with Gasteiger partial charge in [0.2, 0.25) is 0 Å². The second-order valence-electron chi connectivity index (χ2n) is 12.4. The summed E-state index contributed by atoms with van der Waals surface area (Å²) in [5, 5.41) is 5.11. The molecule has 0 bridgehead atoms. The molecule has 46 heavy (non-hydrogen) atoms. The molecule has 1 aliphatic heterocycles. The molecule has 0 saturated carbocycles. The third-order valence-corrected chi connectivity index (χ3v) is 11.1. The van der Waals surface area contributed by atoms with Gasteiger partial charge in [0.05, 0.1) is 11.0 Å². The summed E-state index contributed by atoms with van der Waals surface area (Å²) >= 11 is 1.92. The Morgan fingerprint density at radius 2 is 1.35 bits per heavy atom. The fraction of sp³-hybridized carbons (Fsp3) is 0.0455. The lowest BCUT2D eigenvalue weighted by molar-refractivity contribution is 0.818. The van der Waals surface area contributed by atoms with Crippen LogP contribution in [0.15, 0.2) is 163 Å². The minimum atomic E-state index is 0.339. The van der Waals surface area contributed by atoms with E-state index in [0.717, 1.165) is 6.42 Å². The summed E-state index contributed by atoms with van der Waals surface area (Å²) in [5.74, 6) is 0.339. The number of para-hydroxylation sites is 2. The van der Waals surface area contributed by atoms with Crippen molar-refractivity contribution >= 4 is 49.2 Å². The predicted octanol–water partition coefficient (Wildman–Crippen LogP) is 12.3. The van der Waals surface area contributed by atoms with Crippen LogP contribution in [-0.4, -0.2) is 4.57 Å². The van der Waals surface area contributed by atoms with Crippen LogP contribution in [0.5, 0.6) is 0 Å². The lowest BCUT2D eigenvalue weighted by Crippen LogP contribution is -2.11.